The molecule has 0 bridgehead atoms. The second-order valence-corrected chi connectivity index (χ2v) is 3.71. The molecule has 0 atom stereocenters. The van der Waals surface area contributed by atoms with Gasteiger partial charge in [0.1, 0.15) is 5.82 Å². The zero-order valence-electron chi connectivity index (χ0n) is 8.17. The van der Waals surface area contributed by atoms with Crippen molar-refractivity contribution in [3.8, 4) is 11.1 Å². The van der Waals surface area contributed by atoms with Crippen molar-refractivity contribution in [2.24, 2.45) is 0 Å². The molecule has 2 rings (SSSR count). The van der Waals surface area contributed by atoms with E-state index in [1.165, 1.54) is 12.1 Å². The minimum absolute atomic E-state index is 0.245. The first-order chi connectivity index (χ1) is 7.16. The summed E-state index contributed by atoms with van der Waals surface area (Å²) < 4.78 is 12.7. The lowest BCUT2D eigenvalue weighted by Gasteiger charge is -2.03. The molecule has 0 aliphatic carbocycles. The van der Waals surface area contributed by atoms with E-state index >= 15 is 0 Å². The first-order valence-corrected chi connectivity index (χ1v) is 4.93. The predicted molar refractivity (Wildman–Crippen MR) is 59.4 cm³/mol. The highest BCUT2D eigenvalue weighted by Gasteiger charge is 2.01. The highest BCUT2D eigenvalue weighted by molar-refractivity contribution is 6.31. The molecule has 1 aromatic carbocycles. The van der Waals surface area contributed by atoms with Gasteiger partial charge in [0, 0.05) is 11.8 Å². The second kappa shape index (κ2) is 3.99. The van der Waals surface area contributed by atoms with E-state index < -0.39 is 0 Å². The molecule has 1 heterocycles. The first kappa shape index (κ1) is 10.1. The zero-order valence-corrected chi connectivity index (χ0v) is 8.92. The van der Waals surface area contributed by atoms with Crippen LogP contribution in [0.2, 0.25) is 5.02 Å². The highest BCUT2D eigenvalue weighted by Crippen LogP contribution is 2.23. The number of pyridine rings is 1. The van der Waals surface area contributed by atoms with E-state index in [0.29, 0.717) is 5.02 Å². The minimum atomic E-state index is -0.245. The molecular formula is C12H9ClFN. The molecule has 0 N–H and O–H groups in total. The standard InChI is InChI=1S/C12H9ClFN/c1-8-12(13)6-10(7-15-8)9-2-4-11(14)5-3-9/h2-7H,1H3. The van der Waals surface area contributed by atoms with Crippen LogP contribution in [0, 0.1) is 12.7 Å². The van der Waals surface area contributed by atoms with Gasteiger partial charge in [0.15, 0.2) is 0 Å². The average molecular weight is 222 g/mol. The molecule has 0 amide bonds. The van der Waals surface area contributed by atoms with Crippen molar-refractivity contribution in [2.75, 3.05) is 0 Å². The number of nitrogens with zero attached hydrogens (tertiary/aromatic N) is 1. The Morgan fingerprint density at radius 1 is 1.13 bits per heavy atom. The number of hydrogen-bond acceptors (Lipinski definition) is 1. The summed E-state index contributed by atoms with van der Waals surface area (Å²) in [7, 11) is 0. The molecule has 0 saturated carbocycles. The monoisotopic (exact) mass is 221 g/mol. The molecule has 0 aliphatic rings. The van der Waals surface area contributed by atoms with E-state index in [1.807, 2.05) is 13.0 Å². The predicted octanol–water partition coefficient (Wildman–Crippen LogP) is 3.85. The largest absolute Gasteiger partial charge is 0.259 e. The van der Waals surface area contributed by atoms with Crippen LogP contribution in [0.1, 0.15) is 5.69 Å². The molecule has 15 heavy (non-hydrogen) atoms. The number of rotatable bonds is 1. The molecule has 2 aromatic rings. The third-order valence-corrected chi connectivity index (χ3v) is 2.59. The van der Waals surface area contributed by atoms with Crippen LogP contribution >= 0.6 is 11.6 Å². The Balaban J connectivity index is 2.45. The number of hydrogen-bond donors (Lipinski definition) is 0. The average Bonchev–Trinajstić information content (AvgIpc) is 2.23. The molecule has 76 valence electrons. The van der Waals surface area contributed by atoms with Crippen LogP contribution in [-0.2, 0) is 0 Å². The fourth-order valence-electron chi connectivity index (χ4n) is 1.31. The zero-order chi connectivity index (χ0) is 10.8. The summed E-state index contributed by atoms with van der Waals surface area (Å²) in [5, 5.41) is 0.622. The third-order valence-electron chi connectivity index (χ3n) is 2.20. The van der Waals surface area contributed by atoms with Gasteiger partial charge >= 0.3 is 0 Å². The Labute approximate surface area is 92.5 Å². The summed E-state index contributed by atoms with van der Waals surface area (Å²) in [5.41, 5.74) is 2.60. The van der Waals surface area contributed by atoms with Crippen molar-refractivity contribution in [3.63, 3.8) is 0 Å². The van der Waals surface area contributed by atoms with Gasteiger partial charge in [-0.2, -0.15) is 0 Å². The maximum Gasteiger partial charge on any atom is 0.123 e. The van der Waals surface area contributed by atoms with Crippen LogP contribution in [-0.4, -0.2) is 4.98 Å². The molecule has 0 spiro atoms. The lowest BCUT2D eigenvalue weighted by Crippen LogP contribution is -1.85. The Morgan fingerprint density at radius 2 is 1.80 bits per heavy atom. The van der Waals surface area contributed by atoms with E-state index in [-0.39, 0.29) is 5.82 Å². The molecule has 0 unspecified atom stereocenters. The van der Waals surface area contributed by atoms with Crippen LogP contribution in [0.25, 0.3) is 11.1 Å². The Bertz CT molecular complexity index is 479. The quantitative estimate of drug-likeness (QED) is 0.713. The molecule has 0 aliphatic heterocycles. The van der Waals surface area contributed by atoms with Crippen molar-refractivity contribution in [2.45, 2.75) is 6.92 Å². The van der Waals surface area contributed by atoms with Gasteiger partial charge in [-0.25, -0.2) is 4.39 Å². The molecule has 0 saturated heterocycles. The summed E-state index contributed by atoms with van der Waals surface area (Å²) in [6.45, 7) is 1.84. The van der Waals surface area contributed by atoms with Gasteiger partial charge in [-0.05, 0) is 30.7 Å². The van der Waals surface area contributed by atoms with Crippen molar-refractivity contribution < 1.29 is 4.39 Å². The molecule has 0 radical (unpaired) electrons. The van der Waals surface area contributed by atoms with Crippen LogP contribution in [0.15, 0.2) is 36.5 Å². The maximum absolute atomic E-state index is 12.7. The van der Waals surface area contributed by atoms with Crippen molar-refractivity contribution in [1.29, 1.82) is 0 Å². The van der Waals surface area contributed by atoms with Crippen LogP contribution in [0.3, 0.4) is 0 Å². The SMILES string of the molecule is Cc1ncc(-c2ccc(F)cc2)cc1Cl. The maximum atomic E-state index is 12.7. The highest BCUT2D eigenvalue weighted by atomic mass is 35.5. The van der Waals surface area contributed by atoms with Gasteiger partial charge in [0.25, 0.3) is 0 Å². The van der Waals surface area contributed by atoms with E-state index in [9.17, 15) is 4.39 Å². The van der Waals surface area contributed by atoms with E-state index in [2.05, 4.69) is 4.98 Å². The Hall–Kier alpha value is -1.41. The minimum Gasteiger partial charge on any atom is -0.259 e. The van der Waals surface area contributed by atoms with Gasteiger partial charge < -0.3 is 0 Å². The van der Waals surface area contributed by atoms with Crippen molar-refractivity contribution >= 4 is 11.6 Å². The number of aryl methyl sites for hydroxylation is 1. The second-order valence-electron chi connectivity index (χ2n) is 3.30. The third kappa shape index (κ3) is 2.16. The first-order valence-electron chi connectivity index (χ1n) is 4.55. The molecule has 3 heteroatoms. The molecular weight excluding hydrogens is 213 g/mol. The number of halogens is 2. The number of benzene rings is 1. The summed E-state index contributed by atoms with van der Waals surface area (Å²) >= 11 is 5.96. The van der Waals surface area contributed by atoms with E-state index in [0.717, 1.165) is 16.8 Å². The van der Waals surface area contributed by atoms with Gasteiger partial charge in [-0.1, -0.05) is 23.7 Å². The number of aromatic nitrogens is 1. The molecule has 0 fully saturated rings. The summed E-state index contributed by atoms with van der Waals surface area (Å²) in [4.78, 5) is 4.15. The van der Waals surface area contributed by atoms with Gasteiger partial charge in [0.05, 0.1) is 10.7 Å². The van der Waals surface area contributed by atoms with Crippen LogP contribution in [0.4, 0.5) is 4.39 Å². The lowest BCUT2D eigenvalue weighted by molar-refractivity contribution is 0.628. The lowest BCUT2D eigenvalue weighted by atomic mass is 10.1. The van der Waals surface area contributed by atoms with Crippen LogP contribution < -0.4 is 0 Å². The molecule has 1 nitrogen and oxygen atoms in total. The summed E-state index contributed by atoms with van der Waals surface area (Å²) in [6.07, 6.45) is 1.73. The normalized spacial score (nSPS) is 10.3. The van der Waals surface area contributed by atoms with Crippen LogP contribution in [0.5, 0.6) is 0 Å². The summed E-state index contributed by atoms with van der Waals surface area (Å²) in [5.74, 6) is -0.245. The fourth-order valence-corrected chi connectivity index (χ4v) is 1.47. The van der Waals surface area contributed by atoms with E-state index in [4.69, 9.17) is 11.6 Å². The Kier molecular flexibility index (Phi) is 2.69. The fraction of sp³-hybridized carbons (Fsp3) is 0.0833. The molecule has 1 aromatic heterocycles. The summed E-state index contributed by atoms with van der Waals surface area (Å²) in [6, 6.07) is 8.08. The van der Waals surface area contributed by atoms with Crippen molar-refractivity contribution in [3.05, 3.63) is 53.1 Å². The smallest absolute Gasteiger partial charge is 0.123 e. The Morgan fingerprint density at radius 3 is 2.40 bits per heavy atom. The van der Waals surface area contributed by atoms with Crippen molar-refractivity contribution in [1.82, 2.24) is 4.98 Å². The van der Waals surface area contributed by atoms with Gasteiger partial charge in [0.2, 0.25) is 0 Å². The van der Waals surface area contributed by atoms with Gasteiger partial charge in [-0.3, -0.25) is 4.98 Å². The van der Waals surface area contributed by atoms with Gasteiger partial charge in [-0.15, -0.1) is 0 Å². The topological polar surface area (TPSA) is 12.9 Å². The van der Waals surface area contributed by atoms with E-state index in [1.54, 1.807) is 18.3 Å².